The lowest BCUT2D eigenvalue weighted by Gasteiger charge is -2.31. The zero-order chi connectivity index (χ0) is 24.4. The number of alkyl halides is 3. The maximum Gasteiger partial charge on any atom is 0.416 e. The largest absolute Gasteiger partial charge is 0.507 e. The summed E-state index contributed by atoms with van der Waals surface area (Å²) in [5.41, 5.74) is -0.354. The summed E-state index contributed by atoms with van der Waals surface area (Å²) in [6.07, 6.45) is -4.82. The van der Waals surface area contributed by atoms with Gasteiger partial charge < -0.3 is 10.2 Å². The summed E-state index contributed by atoms with van der Waals surface area (Å²) >= 11 is 0. The first-order valence-electron chi connectivity index (χ1n) is 10.3. The first-order chi connectivity index (χ1) is 16.1. The van der Waals surface area contributed by atoms with E-state index in [1.54, 1.807) is 12.1 Å². The van der Waals surface area contributed by atoms with Crippen molar-refractivity contribution in [1.29, 1.82) is 0 Å². The first kappa shape index (κ1) is 21.7. The topological polar surface area (TPSA) is 94.9 Å². The second kappa shape index (κ2) is 7.44. The fourth-order valence-corrected chi connectivity index (χ4v) is 4.84. The van der Waals surface area contributed by atoms with Gasteiger partial charge in [-0.3, -0.25) is 19.3 Å². The summed E-state index contributed by atoms with van der Waals surface area (Å²) < 4.78 is 38.8. The van der Waals surface area contributed by atoms with Crippen LogP contribution in [0.1, 0.15) is 45.0 Å². The molecule has 2 N–H and O–H groups in total. The van der Waals surface area contributed by atoms with E-state index >= 15 is 0 Å². The third-order valence-corrected chi connectivity index (χ3v) is 6.31. The number of phenolic OH excluding ortho intramolecular Hbond substituents is 2. The molecule has 0 saturated carbocycles. The van der Waals surface area contributed by atoms with Crippen molar-refractivity contribution in [1.82, 2.24) is 0 Å². The molecule has 5 rings (SSSR count). The number of halogens is 3. The Morgan fingerprint density at radius 3 is 1.82 bits per heavy atom. The third kappa shape index (κ3) is 3.15. The molecule has 1 heterocycles. The van der Waals surface area contributed by atoms with Crippen LogP contribution >= 0.6 is 0 Å². The van der Waals surface area contributed by atoms with Crippen LogP contribution in [0.15, 0.2) is 60.7 Å². The van der Waals surface area contributed by atoms with Crippen LogP contribution in [-0.2, 0) is 15.8 Å². The van der Waals surface area contributed by atoms with Gasteiger partial charge in [0.1, 0.15) is 11.5 Å². The van der Waals surface area contributed by atoms with Crippen LogP contribution in [0, 0.1) is 5.92 Å². The van der Waals surface area contributed by atoms with E-state index in [9.17, 15) is 37.8 Å². The molecule has 0 bridgehead atoms. The summed E-state index contributed by atoms with van der Waals surface area (Å²) in [5, 5.41) is 20.8. The number of hydrogen-bond acceptors (Lipinski definition) is 5. The highest BCUT2D eigenvalue weighted by Gasteiger charge is 2.48. The van der Waals surface area contributed by atoms with Crippen LogP contribution in [-0.4, -0.2) is 27.8 Å². The Morgan fingerprint density at radius 1 is 0.794 bits per heavy atom. The number of amides is 2. The van der Waals surface area contributed by atoms with E-state index in [4.69, 9.17) is 0 Å². The maximum atomic E-state index is 13.4. The smallest absolute Gasteiger partial charge is 0.416 e. The first-order valence-corrected chi connectivity index (χ1v) is 10.3. The van der Waals surface area contributed by atoms with E-state index in [1.165, 1.54) is 24.3 Å². The van der Waals surface area contributed by atoms with Crippen LogP contribution in [0.4, 0.5) is 18.9 Å². The van der Waals surface area contributed by atoms with Gasteiger partial charge in [0.05, 0.1) is 28.3 Å². The Labute approximate surface area is 190 Å². The van der Waals surface area contributed by atoms with Crippen LogP contribution in [0.3, 0.4) is 0 Å². The predicted molar refractivity (Wildman–Crippen MR) is 114 cm³/mol. The number of carbonyl (C=O) groups is 3. The van der Waals surface area contributed by atoms with E-state index in [2.05, 4.69) is 0 Å². The highest BCUT2D eigenvalue weighted by Crippen LogP contribution is 2.49. The van der Waals surface area contributed by atoms with Gasteiger partial charge in [-0.05, 0) is 47.5 Å². The second-order valence-electron chi connectivity index (χ2n) is 8.21. The molecule has 0 spiro atoms. The number of phenols is 2. The summed E-state index contributed by atoms with van der Waals surface area (Å²) in [6.45, 7) is 0. The van der Waals surface area contributed by atoms with Gasteiger partial charge in [0, 0.05) is 12.3 Å². The van der Waals surface area contributed by atoms with Crippen LogP contribution in [0.5, 0.6) is 11.5 Å². The van der Waals surface area contributed by atoms with Crippen molar-refractivity contribution in [2.45, 2.75) is 18.5 Å². The number of nitrogens with zero attached hydrogens (tertiary/aromatic N) is 1. The standard InChI is InChI=1S/C25H16F3NO5/c26-25(27,28)12-7-9-13(10-8-12)29-19(32)11-16(24(29)34)20-14-3-1-5-17(30)21(14)23(33)22-15(20)4-2-6-18(22)31/h1-10,16,20,30-31H,11H2/t16-/m0/s1. The average molecular weight is 467 g/mol. The summed E-state index contributed by atoms with van der Waals surface area (Å²) in [4.78, 5) is 40.2. The summed E-state index contributed by atoms with van der Waals surface area (Å²) in [5.74, 6) is -4.33. The lowest BCUT2D eigenvalue weighted by Crippen LogP contribution is -2.33. The van der Waals surface area contributed by atoms with Crippen molar-refractivity contribution < 1.29 is 37.8 Å². The van der Waals surface area contributed by atoms with Gasteiger partial charge in [0.25, 0.3) is 0 Å². The third-order valence-electron chi connectivity index (χ3n) is 6.31. The Bertz CT molecular complexity index is 1310. The van der Waals surface area contributed by atoms with E-state index in [-0.39, 0.29) is 34.7 Å². The number of benzene rings is 3. The molecule has 1 atom stereocenters. The molecule has 1 aliphatic carbocycles. The molecule has 1 aliphatic heterocycles. The van der Waals surface area contributed by atoms with E-state index in [0.29, 0.717) is 11.1 Å². The van der Waals surface area contributed by atoms with Gasteiger partial charge in [-0.15, -0.1) is 0 Å². The van der Waals surface area contributed by atoms with Crippen LogP contribution in [0.25, 0.3) is 0 Å². The van der Waals surface area contributed by atoms with Gasteiger partial charge >= 0.3 is 6.18 Å². The molecule has 9 heteroatoms. The van der Waals surface area contributed by atoms with Gasteiger partial charge in [0.15, 0.2) is 0 Å². The number of imide groups is 1. The van der Waals surface area contributed by atoms with Crippen molar-refractivity contribution >= 4 is 23.3 Å². The van der Waals surface area contributed by atoms with Crippen molar-refractivity contribution in [3.63, 3.8) is 0 Å². The number of ketones is 1. The lowest BCUT2D eigenvalue weighted by atomic mass is 9.70. The average Bonchev–Trinajstić information content (AvgIpc) is 3.07. The normalized spacial score (nSPS) is 18.3. The minimum atomic E-state index is -4.56. The molecule has 0 aromatic heterocycles. The monoisotopic (exact) mass is 467 g/mol. The molecule has 1 fully saturated rings. The van der Waals surface area contributed by atoms with Gasteiger partial charge in [0.2, 0.25) is 17.6 Å². The highest BCUT2D eigenvalue weighted by atomic mass is 19.4. The molecule has 172 valence electrons. The number of carbonyl (C=O) groups excluding carboxylic acids is 3. The molecule has 34 heavy (non-hydrogen) atoms. The zero-order valence-electron chi connectivity index (χ0n) is 17.3. The quantitative estimate of drug-likeness (QED) is 0.546. The number of hydrogen-bond donors (Lipinski definition) is 2. The van der Waals surface area contributed by atoms with E-state index < -0.39 is 41.2 Å². The molecule has 0 unspecified atom stereocenters. The second-order valence-corrected chi connectivity index (χ2v) is 8.21. The van der Waals surface area contributed by atoms with Gasteiger partial charge in [-0.2, -0.15) is 13.2 Å². The molecule has 6 nitrogen and oxygen atoms in total. The SMILES string of the molecule is O=C1c2c(O)cccc2C([C@@H]2CC(=O)N(c3ccc(C(F)(F)F)cc3)C2=O)c2cccc(O)c21. The molecular weight excluding hydrogens is 451 g/mol. The lowest BCUT2D eigenvalue weighted by molar-refractivity contribution is -0.137. The van der Waals surface area contributed by atoms with E-state index in [0.717, 1.165) is 29.2 Å². The molecule has 1 saturated heterocycles. The minimum Gasteiger partial charge on any atom is -0.507 e. The highest BCUT2D eigenvalue weighted by molar-refractivity contribution is 6.22. The van der Waals surface area contributed by atoms with Gasteiger partial charge in [-0.25, -0.2) is 0 Å². The van der Waals surface area contributed by atoms with E-state index in [1.807, 2.05) is 0 Å². The molecule has 3 aromatic rings. The minimum absolute atomic E-state index is 0.00431. The Hall–Kier alpha value is -4.14. The fraction of sp³-hybridized carbons (Fsp3) is 0.160. The van der Waals surface area contributed by atoms with Crippen molar-refractivity contribution in [2.24, 2.45) is 5.92 Å². The molecule has 2 aliphatic rings. The molecular formula is C25H16F3NO5. The Balaban J connectivity index is 1.60. The summed E-state index contributed by atoms with van der Waals surface area (Å²) in [6, 6.07) is 12.5. The zero-order valence-corrected chi connectivity index (χ0v) is 17.3. The van der Waals surface area contributed by atoms with Crippen LogP contribution < -0.4 is 4.90 Å². The number of rotatable bonds is 2. The van der Waals surface area contributed by atoms with Crippen molar-refractivity contribution in [2.75, 3.05) is 4.90 Å². The molecule has 3 aromatic carbocycles. The van der Waals surface area contributed by atoms with Crippen LogP contribution in [0.2, 0.25) is 0 Å². The molecule has 2 amide bonds. The predicted octanol–water partition coefficient (Wildman–Crippen LogP) is 4.37. The number of aromatic hydroxyl groups is 2. The van der Waals surface area contributed by atoms with Gasteiger partial charge in [-0.1, -0.05) is 24.3 Å². The van der Waals surface area contributed by atoms with Crippen molar-refractivity contribution in [3.8, 4) is 11.5 Å². The van der Waals surface area contributed by atoms with Crippen molar-refractivity contribution in [3.05, 3.63) is 88.5 Å². The fourth-order valence-electron chi connectivity index (χ4n) is 4.84. The number of anilines is 1. The number of fused-ring (bicyclic) bond motifs is 2. The Kier molecular flexibility index (Phi) is 4.75. The summed E-state index contributed by atoms with van der Waals surface area (Å²) in [7, 11) is 0. The maximum absolute atomic E-state index is 13.4. The molecule has 0 radical (unpaired) electrons. The Morgan fingerprint density at radius 2 is 1.32 bits per heavy atom.